The molecule has 0 radical (unpaired) electrons. The minimum Gasteiger partial charge on any atom is -0.496 e. The molecule has 0 bridgehead atoms. The maximum absolute atomic E-state index is 9.17. The van der Waals surface area contributed by atoms with E-state index in [1.54, 1.807) is 19.2 Å². The van der Waals surface area contributed by atoms with Gasteiger partial charge in [0.15, 0.2) is 0 Å². The van der Waals surface area contributed by atoms with Gasteiger partial charge in [0.2, 0.25) is 0 Å². The van der Waals surface area contributed by atoms with Crippen LogP contribution in [0.3, 0.4) is 0 Å². The second kappa shape index (κ2) is 7.83. The van der Waals surface area contributed by atoms with Crippen LogP contribution < -0.4 is 15.2 Å². The standard InChI is InChI=1S/C16H17BrClNO3/c1-21-15-4-2-10(14(19)8-20)6-11(15)9-22-16-5-3-12(17)7-13(16)18/h2-7,14,20H,8-9,19H2,1H3/t14-/m0/s1. The molecule has 1 atom stereocenters. The van der Waals surface area contributed by atoms with Crippen molar-refractivity contribution in [2.75, 3.05) is 13.7 Å². The fraction of sp³-hybridized carbons (Fsp3) is 0.250. The molecule has 0 aromatic heterocycles. The van der Waals surface area contributed by atoms with Crippen LogP contribution in [0, 0.1) is 0 Å². The van der Waals surface area contributed by atoms with Gasteiger partial charge in [-0.3, -0.25) is 0 Å². The number of nitrogens with two attached hydrogens (primary N) is 1. The summed E-state index contributed by atoms with van der Waals surface area (Å²) in [4.78, 5) is 0. The zero-order chi connectivity index (χ0) is 16.1. The minimum absolute atomic E-state index is 0.120. The Balaban J connectivity index is 2.20. The molecule has 0 aliphatic heterocycles. The predicted octanol–water partition coefficient (Wildman–Crippen LogP) is 3.68. The summed E-state index contributed by atoms with van der Waals surface area (Å²) in [6.07, 6.45) is 0. The first-order valence-corrected chi connectivity index (χ1v) is 7.83. The molecule has 0 aliphatic carbocycles. The normalized spacial score (nSPS) is 12.0. The minimum atomic E-state index is -0.430. The highest BCUT2D eigenvalue weighted by molar-refractivity contribution is 9.10. The lowest BCUT2D eigenvalue weighted by atomic mass is 10.0. The first-order chi connectivity index (χ1) is 10.5. The second-order valence-electron chi connectivity index (χ2n) is 4.72. The molecular weight excluding hydrogens is 370 g/mol. The molecule has 0 saturated heterocycles. The number of benzene rings is 2. The third kappa shape index (κ3) is 4.14. The van der Waals surface area contributed by atoms with Crippen molar-refractivity contribution in [2.45, 2.75) is 12.6 Å². The van der Waals surface area contributed by atoms with Crippen molar-refractivity contribution < 1.29 is 14.6 Å². The van der Waals surface area contributed by atoms with Gasteiger partial charge in [-0.1, -0.05) is 33.6 Å². The van der Waals surface area contributed by atoms with Crippen molar-refractivity contribution in [1.29, 1.82) is 0 Å². The summed E-state index contributed by atoms with van der Waals surface area (Å²) in [5.74, 6) is 1.28. The number of halogens is 2. The first kappa shape index (κ1) is 17.1. The quantitative estimate of drug-likeness (QED) is 0.795. The fourth-order valence-corrected chi connectivity index (χ4v) is 2.72. The van der Waals surface area contributed by atoms with Gasteiger partial charge >= 0.3 is 0 Å². The van der Waals surface area contributed by atoms with E-state index in [4.69, 9.17) is 31.9 Å². The van der Waals surface area contributed by atoms with Gasteiger partial charge in [0.25, 0.3) is 0 Å². The number of methoxy groups -OCH3 is 1. The largest absolute Gasteiger partial charge is 0.496 e. The third-order valence-corrected chi connectivity index (χ3v) is 4.00. The van der Waals surface area contributed by atoms with E-state index in [-0.39, 0.29) is 13.2 Å². The van der Waals surface area contributed by atoms with Gasteiger partial charge in [-0.2, -0.15) is 0 Å². The average molecular weight is 387 g/mol. The van der Waals surface area contributed by atoms with Crippen LogP contribution >= 0.6 is 27.5 Å². The Hall–Kier alpha value is -1.27. The fourth-order valence-electron chi connectivity index (χ4n) is 2.00. The molecule has 0 saturated carbocycles. The lowest BCUT2D eigenvalue weighted by molar-refractivity contribution is 0.267. The van der Waals surface area contributed by atoms with E-state index >= 15 is 0 Å². The van der Waals surface area contributed by atoms with Gasteiger partial charge in [0.05, 0.1) is 24.8 Å². The average Bonchev–Trinajstić information content (AvgIpc) is 2.53. The van der Waals surface area contributed by atoms with Crippen LogP contribution in [0.5, 0.6) is 11.5 Å². The lowest BCUT2D eigenvalue weighted by Crippen LogP contribution is -2.15. The van der Waals surface area contributed by atoms with E-state index in [9.17, 15) is 0 Å². The van der Waals surface area contributed by atoms with Gasteiger partial charge in [-0.15, -0.1) is 0 Å². The molecule has 2 aromatic carbocycles. The highest BCUT2D eigenvalue weighted by Crippen LogP contribution is 2.30. The van der Waals surface area contributed by atoms with E-state index in [1.807, 2.05) is 24.3 Å². The molecule has 2 rings (SSSR count). The van der Waals surface area contributed by atoms with Crippen LogP contribution in [0.15, 0.2) is 40.9 Å². The number of hydrogen-bond donors (Lipinski definition) is 2. The summed E-state index contributed by atoms with van der Waals surface area (Å²) in [6.45, 7) is 0.168. The molecule has 0 aliphatic rings. The summed E-state index contributed by atoms with van der Waals surface area (Å²) in [5.41, 5.74) is 7.50. The van der Waals surface area contributed by atoms with Crippen LogP contribution in [-0.4, -0.2) is 18.8 Å². The van der Waals surface area contributed by atoms with Crippen molar-refractivity contribution in [1.82, 2.24) is 0 Å². The second-order valence-corrected chi connectivity index (χ2v) is 6.05. The van der Waals surface area contributed by atoms with E-state index in [1.165, 1.54) is 0 Å². The number of rotatable bonds is 6. The highest BCUT2D eigenvalue weighted by Gasteiger charge is 2.11. The zero-order valence-corrected chi connectivity index (χ0v) is 14.4. The number of hydrogen-bond acceptors (Lipinski definition) is 4. The Kier molecular flexibility index (Phi) is 6.08. The molecule has 6 heteroatoms. The maximum Gasteiger partial charge on any atom is 0.138 e. The SMILES string of the molecule is COc1ccc([C@@H](N)CO)cc1COc1ccc(Br)cc1Cl. The van der Waals surface area contributed by atoms with Crippen molar-refractivity contribution in [3.8, 4) is 11.5 Å². The Bertz CT molecular complexity index is 651. The number of aliphatic hydroxyl groups is 1. The predicted molar refractivity (Wildman–Crippen MR) is 90.5 cm³/mol. The van der Waals surface area contributed by atoms with E-state index in [2.05, 4.69) is 15.9 Å². The highest BCUT2D eigenvalue weighted by atomic mass is 79.9. The van der Waals surface area contributed by atoms with Crippen molar-refractivity contribution >= 4 is 27.5 Å². The Morgan fingerprint density at radius 3 is 2.59 bits per heavy atom. The zero-order valence-electron chi connectivity index (χ0n) is 12.1. The summed E-state index contributed by atoms with van der Waals surface area (Å²) >= 11 is 9.49. The van der Waals surface area contributed by atoms with Crippen molar-refractivity contribution in [3.05, 3.63) is 57.0 Å². The van der Waals surface area contributed by atoms with Crippen LogP contribution in [0.25, 0.3) is 0 Å². The van der Waals surface area contributed by atoms with Gasteiger partial charge in [-0.05, 0) is 35.9 Å². The summed E-state index contributed by atoms with van der Waals surface area (Å²) in [7, 11) is 1.59. The number of ether oxygens (including phenoxy) is 2. The molecule has 0 spiro atoms. The van der Waals surface area contributed by atoms with E-state index in [0.29, 0.717) is 16.5 Å². The smallest absolute Gasteiger partial charge is 0.138 e. The van der Waals surface area contributed by atoms with Gasteiger partial charge in [0, 0.05) is 10.0 Å². The molecular formula is C16H17BrClNO3. The van der Waals surface area contributed by atoms with Crippen LogP contribution in [0.1, 0.15) is 17.2 Å². The summed E-state index contributed by atoms with van der Waals surface area (Å²) < 4.78 is 12.0. The lowest BCUT2D eigenvalue weighted by Gasteiger charge is -2.15. The Morgan fingerprint density at radius 2 is 1.95 bits per heavy atom. The molecule has 22 heavy (non-hydrogen) atoms. The van der Waals surface area contributed by atoms with Gasteiger partial charge in [-0.25, -0.2) is 0 Å². The molecule has 2 aromatic rings. The molecule has 0 heterocycles. The third-order valence-electron chi connectivity index (χ3n) is 3.21. The van der Waals surface area contributed by atoms with Crippen molar-refractivity contribution in [3.63, 3.8) is 0 Å². The van der Waals surface area contributed by atoms with Crippen LogP contribution in [-0.2, 0) is 6.61 Å². The monoisotopic (exact) mass is 385 g/mol. The topological polar surface area (TPSA) is 64.7 Å². The van der Waals surface area contributed by atoms with Crippen molar-refractivity contribution in [2.24, 2.45) is 5.73 Å². The molecule has 0 unspecified atom stereocenters. The first-order valence-electron chi connectivity index (χ1n) is 6.66. The molecule has 3 N–H and O–H groups in total. The Labute approximate surface area is 142 Å². The maximum atomic E-state index is 9.17. The molecule has 4 nitrogen and oxygen atoms in total. The van der Waals surface area contributed by atoms with E-state index in [0.717, 1.165) is 15.6 Å². The number of aliphatic hydroxyl groups excluding tert-OH is 1. The summed E-state index contributed by atoms with van der Waals surface area (Å²) in [6, 6.07) is 10.5. The van der Waals surface area contributed by atoms with Gasteiger partial charge in [0.1, 0.15) is 18.1 Å². The van der Waals surface area contributed by atoms with E-state index < -0.39 is 6.04 Å². The van der Waals surface area contributed by atoms with Crippen LogP contribution in [0.2, 0.25) is 5.02 Å². The molecule has 0 fully saturated rings. The van der Waals surface area contributed by atoms with Gasteiger partial charge < -0.3 is 20.3 Å². The molecule has 118 valence electrons. The van der Waals surface area contributed by atoms with Crippen LogP contribution in [0.4, 0.5) is 0 Å². The Morgan fingerprint density at radius 1 is 1.23 bits per heavy atom. The molecule has 0 amide bonds. The summed E-state index contributed by atoms with van der Waals surface area (Å²) in [5, 5.41) is 9.69.